The van der Waals surface area contributed by atoms with Crippen molar-refractivity contribution in [1.82, 2.24) is 15.1 Å². The van der Waals surface area contributed by atoms with Gasteiger partial charge < -0.3 is 9.73 Å². The summed E-state index contributed by atoms with van der Waals surface area (Å²) in [5.74, 6) is 0.599. The average Bonchev–Trinajstić information content (AvgIpc) is 3.20. The first-order chi connectivity index (χ1) is 10.2. The zero-order valence-corrected chi connectivity index (χ0v) is 11.6. The molecule has 0 radical (unpaired) electrons. The fraction of sp³-hybridized carbons (Fsp3) is 0.125. The summed E-state index contributed by atoms with van der Waals surface area (Å²) in [5, 5.41) is 7.04. The molecule has 1 N–H and O–H groups in total. The maximum absolute atomic E-state index is 12.2. The number of carbonyl (C=O) groups is 1. The molecule has 21 heavy (non-hydrogen) atoms. The molecule has 3 rings (SSSR count). The normalized spacial score (nSPS) is 12.0. The second-order valence-electron chi connectivity index (χ2n) is 4.71. The molecule has 106 valence electrons. The molecule has 0 aliphatic heterocycles. The second kappa shape index (κ2) is 5.66. The maximum atomic E-state index is 12.2. The second-order valence-corrected chi connectivity index (χ2v) is 4.71. The van der Waals surface area contributed by atoms with E-state index in [0.717, 1.165) is 11.4 Å². The first kappa shape index (κ1) is 13.2. The number of benzene rings is 1. The van der Waals surface area contributed by atoms with E-state index in [0.29, 0.717) is 5.56 Å². The lowest BCUT2D eigenvalue weighted by molar-refractivity contribution is 0.0935. The van der Waals surface area contributed by atoms with Crippen molar-refractivity contribution in [2.45, 2.75) is 13.0 Å². The van der Waals surface area contributed by atoms with E-state index in [1.54, 1.807) is 35.3 Å². The number of furan rings is 1. The van der Waals surface area contributed by atoms with Gasteiger partial charge >= 0.3 is 0 Å². The molecule has 0 spiro atoms. The van der Waals surface area contributed by atoms with Gasteiger partial charge in [-0.15, -0.1) is 0 Å². The SMILES string of the molecule is C[C@@H](NC(=O)c1ccc(-n2cccn2)cc1)c1ccco1. The number of hydrogen-bond donors (Lipinski definition) is 1. The fourth-order valence-electron chi connectivity index (χ4n) is 2.08. The Morgan fingerprint density at radius 3 is 2.67 bits per heavy atom. The van der Waals surface area contributed by atoms with Crippen LogP contribution < -0.4 is 5.32 Å². The Morgan fingerprint density at radius 2 is 2.05 bits per heavy atom. The molecule has 1 atom stereocenters. The van der Waals surface area contributed by atoms with Gasteiger partial charge in [0.05, 0.1) is 18.0 Å². The van der Waals surface area contributed by atoms with E-state index in [9.17, 15) is 4.79 Å². The van der Waals surface area contributed by atoms with Crippen molar-refractivity contribution in [2.24, 2.45) is 0 Å². The molecule has 1 amide bonds. The van der Waals surface area contributed by atoms with Crippen LogP contribution in [0.3, 0.4) is 0 Å². The maximum Gasteiger partial charge on any atom is 0.251 e. The number of aromatic nitrogens is 2. The van der Waals surface area contributed by atoms with Gasteiger partial charge in [0, 0.05) is 18.0 Å². The minimum absolute atomic E-state index is 0.133. The molecular formula is C16H15N3O2. The largest absolute Gasteiger partial charge is 0.467 e. The zero-order chi connectivity index (χ0) is 14.7. The number of carbonyl (C=O) groups excluding carboxylic acids is 1. The molecule has 3 aromatic rings. The van der Waals surface area contributed by atoms with Crippen LogP contribution in [0.25, 0.3) is 5.69 Å². The molecular weight excluding hydrogens is 266 g/mol. The van der Waals surface area contributed by atoms with E-state index in [4.69, 9.17) is 4.42 Å². The molecule has 5 nitrogen and oxygen atoms in total. The van der Waals surface area contributed by atoms with E-state index in [2.05, 4.69) is 10.4 Å². The summed E-state index contributed by atoms with van der Waals surface area (Å²) in [5.41, 5.74) is 1.51. The molecule has 0 bridgehead atoms. The Balaban J connectivity index is 1.70. The van der Waals surface area contributed by atoms with Gasteiger partial charge in [-0.05, 0) is 49.4 Å². The smallest absolute Gasteiger partial charge is 0.251 e. The Labute approximate surface area is 122 Å². The molecule has 0 aliphatic rings. The predicted molar refractivity (Wildman–Crippen MR) is 78.2 cm³/mol. The van der Waals surface area contributed by atoms with Crippen LogP contribution in [0.2, 0.25) is 0 Å². The van der Waals surface area contributed by atoms with Gasteiger partial charge in [0.1, 0.15) is 5.76 Å². The molecule has 0 aliphatic carbocycles. The minimum Gasteiger partial charge on any atom is -0.467 e. The van der Waals surface area contributed by atoms with E-state index in [1.807, 2.05) is 37.4 Å². The van der Waals surface area contributed by atoms with Gasteiger partial charge in [0.25, 0.3) is 5.91 Å². The van der Waals surface area contributed by atoms with Crippen molar-refractivity contribution in [2.75, 3.05) is 0 Å². The van der Waals surface area contributed by atoms with Crippen molar-refractivity contribution in [1.29, 1.82) is 0 Å². The van der Waals surface area contributed by atoms with E-state index < -0.39 is 0 Å². The highest BCUT2D eigenvalue weighted by Crippen LogP contribution is 2.14. The Bertz CT molecular complexity index is 701. The number of amides is 1. The lowest BCUT2D eigenvalue weighted by Crippen LogP contribution is -2.26. The van der Waals surface area contributed by atoms with Crippen LogP contribution in [0.5, 0.6) is 0 Å². The van der Waals surface area contributed by atoms with Crippen LogP contribution in [0.1, 0.15) is 29.1 Å². The van der Waals surface area contributed by atoms with Crippen LogP contribution in [-0.2, 0) is 0 Å². The first-order valence-corrected chi connectivity index (χ1v) is 6.68. The van der Waals surface area contributed by atoms with Gasteiger partial charge in [-0.2, -0.15) is 5.10 Å². The number of nitrogens with one attached hydrogen (secondary N) is 1. The molecule has 0 unspecified atom stereocenters. The zero-order valence-electron chi connectivity index (χ0n) is 11.6. The number of nitrogens with zero attached hydrogens (tertiary/aromatic N) is 2. The molecule has 2 heterocycles. The number of rotatable bonds is 4. The summed E-state index contributed by atoms with van der Waals surface area (Å²) in [6, 6.07) is 12.6. The van der Waals surface area contributed by atoms with Gasteiger partial charge in [0.15, 0.2) is 0 Å². The molecule has 2 aromatic heterocycles. The third-order valence-electron chi connectivity index (χ3n) is 3.22. The lowest BCUT2D eigenvalue weighted by Gasteiger charge is -2.11. The fourth-order valence-corrected chi connectivity index (χ4v) is 2.08. The van der Waals surface area contributed by atoms with Crippen LogP contribution in [0.4, 0.5) is 0 Å². The van der Waals surface area contributed by atoms with Crippen molar-refractivity contribution in [3.8, 4) is 5.69 Å². The van der Waals surface area contributed by atoms with Crippen molar-refractivity contribution < 1.29 is 9.21 Å². The average molecular weight is 281 g/mol. The minimum atomic E-state index is -0.168. The van der Waals surface area contributed by atoms with Gasteiger partial charge in [-0.25, -0.2) is 4.68 Å². The summed E-state index contributed by atoms with van der Waals surface area (Å²) in [6.45, 7) is 1.88. The highest BCUT2D eigenvalue weighted by atomic mass is 16.3. The summed E-state index contributed by atoms with van der Waals surface area (Å²) in [4.78, 5) is 12.2. The standard InChI is InChI=1S/C16H15N3O2/c1-12(15-4-2-11-21-15)18-16(20)13-5-7-14(8-6-13)19-10-3-9-17-19/h2-12H,1H3,(H,18,20)/t12-/m1/s1. The molecule has 5 heteroatoms. The predicted octanol–water partition coefficient (Wildman–Crippen LogP) is 2.96. The van der Waals surface area contributed by atoms with Gasteiger partial charge in [0.2, 0.25) is 0 Å². The van der Waals surface area contributed by atoms with Gasteiger partial charge in [-0.1, -0.05) is 0 Å². The third kappa shape index (κ3) is 2.86. The monoisotopic (exact) mass is 281 g/mol. The van der Waals surface area contributed by atoms with Crippen molar-refractivity contribution in [3.63, 3.8) is 0 Å². The molecule has 0 saturated carbocycles. The Hall–Kier alpha value is -2.82. The third-order valence-corrected chi connectivity index (χ3v) is 3.22. The van der Waals surface area contributed by atoms with Crippen LogP contribution in [0, 0.1) is 0 Å². The summed E-state index contributed by atoms with van der Waals surface area (Å²) >= 11 is 0. The summed E-state index contributed by atoms with van der Waals surface area (Å²) in [6.07, 6.45) is 5.16. The van der Waals surface area contributed by atoms with Crippen LogP contribution >= 0.6 is 0 Å². The highest BCUT2D eigenvalue weighted by Gasteiger charge is 2.13. The molecule has 0 fully saturated rings. The number of hydrogen-bond acceptors (Lipinski definition) is 3. The first-order valence-electron chi connectivity index (χ1n) is 6.68. The summed E-state index contributed by atoms with van der Waals surface area (Å²) < 4.78 is 7.02. The Kier molecular flexibility index (Phi) is 3.55. The van der Waals surface area contributed by atoms with Crippen molar-refractivity contribution in [3.05, 3.63) is 72.4 Å². The topological polar surface area (TPSA) is 60.1 Å². The van der Waals surface area contributed by atoms with E-state index in [1.165, 1.54) is 0 Å². The molecule has 1 aromatic carbocycles. The highest BCUT2D eigenvalue weighted by molar-refractivity contribution is 5.94. The van der Waals surface area contributed by atoms with Crippen LogP contribution in [0.15, 0.2) is 65.5 Å². The Morgan fingerprint density at radius 1 is 1.24 bits per heavy atom. The van der Waals surface area contributed by atoms with Crippen LogP contribution in [-0.4, -0.2) is 15.7 Å². The quantitative estimate of drug-likeness (QED) is 0.799. The van der Waals surface area contributed by atoms with E-state index >= 15 is 0 Å². The van der Waals surface area contributed by atoms with E-state index in [-0.39, 0.29) is 11.9 Å². The van der Waals surface area contributed by atoms with Gasteiger partial charge in [-0.3, -0.25) is 4.79 Å². The van der Waals surface area contributed by atoms with Crippen molar-refractivity contribution >= 4 is 5.91 Å². The lowest BCUT2D eigenvalue weighted by atomic mass is 10.1. The molecule has 0 saturated heterocycles. The summed E-state index contributed by atoms with van der Waals surface area (Å²) in [7, 11) is 0.